The van der Waals surface area contributed by atoms with Gasteiger partial charge in [0.25, 0.3) is 0 Å². The number of aryl methyl sites for hydroxylation is 1. The molecule has 8 heteroatoms. The van der Waals surface area contributed by atoms with Gasteiger partial charge in [0, 0.05) is 56.6 Å². The lowest BCUT2D eigenvalue weighted by Crippen LogP contribution is -2.47. The number of nitrogens with zero attached hydrogens (tertiary/aromatic N) is 5. The number of rotatable bonds is 6. The van der Waals surface area contributed by atoms with Crippen LogP contribution in [0.1, 0.15) is 34.0 Å². The van der Waals surface area contributed by atoms with Crippen molar-refractivity contribution >= 4 is 11.6 Å². The Labute approximate surface area is 194 Å². The number of amides is 1. The van der Waals surface area contributed by atoms with E-state index in [4.69, 9.17) is 10.5 Å². The molecule has 2 aromatic carbocycles. The first-order valence-electron chi connectivity index (χ1n) is 11.5. The number of aromatic nitrogens is 3. The van der Waals surface area contributed by atoms with E-state index in [1.165, 1.54) is 11.1 Å². The third-order valence-corrected chi connectivity index (χ3v) is 6.75. The highest BCUT2D eigenvalue weighted by Crippen LogP contribution is 2.32. The number of nitrogens with two attached hydrogens (primary N) is 1. The van der Waals surface area contributed by atoms with Crippen molar-refractivity contribution in [2.75, 3.05) is 44.2 Å². The van der Waals surface area contributed by atoms with Gasteiger partial charge in [0.15, 0.2) is 5.82 Å². The molecule has 5 rings (SSSR count). The van der Waals surface area contributed by atoms with Crippen LogP contribution in [0.4, 0.5) is 5.69 Å². The molecule has 1 amide bonds. The number of benzene rings is 2. The van der Waals surface area contributed by atoms with Gasteiger partial charge in [-0.1, -0.05) is 12.1 Å². The Bertz CT molecular complexity index is 1120. The number of anilines is 1. The summed E-state index contributed by atoms with van der Waals surface area (Å²) < 4.78 is 7.97. The SMILES string of the molecule is Cn1ncnc1-c1ccc2c(c1)CCO[C@H]2CCN1CCN(c2ccc(C(N)=O)cc2)CC1. The van der Waals surface area contributed by atoms with Crippen LogP contribution < -0.4 is 10.6 Å². The predicted molar refractivity (Wildman–Crippen MR) is 127 cm³/mol. The molecule has 1 fully saturated rings. The minimum Gasteiger partial charge on any atom is -0.373 e. The van der Waals surface area contributed by atoms with Gasteiger partial charge < -0.3 is 15.4 Å². The fourth-order valence-electron chi connectivity index (χ4n) is 4.84. The van der Waals surface area contributed by atoms with Gasteiger partial charge in [0.2, 0.25) is 5.91 Å². The second kappa shape index (κ2) is 9.33. The van der Waals surface area contributed by atoms with Crippen LogP contribution in [0.5, 0.6) is 0 Å². The Hall–Kier alpha value is -3.23. The van der Waals surface area contributed by atoms with E-state index in [9.17, 15) is 4.79 Å². The number of fused-ring (bicyclic) bond motifs is 1. The monoisotopic (exact) mass is 446 g/mol. The summed E-state index contributed by atoms with van der Waals surface area (Å²) in [6, 6.07) is 14.2. The molecule has 0 spiro atoms. The van der Waals surface area contributed by atoms with E-state index >= 15 is 0 Å². The summed E-state index contributed by atoms with van der Waals surface area (Å²) in [6.07, 6.45) is 3.66. The molecule has 1 saturated heterocycles. The number of carbonyl (C=O) groups excluding carboxylic acids is 1. The van der Waals surface area contributed by atoms with Crippen LogP contribution in [0.25, 0.3) is 11.4 Å². The maximum absolute atomic E-state index is 11.3. The van der Waals surface area contributed by atoms with Gasteiger partial charge in [0.1, 0.15) is 6.33 Å². The van der Waals surface area contributed by atoms with Gasteiger partial charge in [-0.05, 0) is 54.3 Å². The fraction of sp³-hybridized carbons (Fsp3) is 0.400. The molecular formula is C25H30N6O2. The zero-order valence-electron chi connectivity index (χ0n) is 19.0. The summed E-state index contributed by atoms with van der Waals surface area (Å²) >= 11 is 0. The highest BCUT2D eigenvalue weighted by molar-refractivity contribution is 5.93. The number of hydrogen-bond donors (Lipinski definition) is 1. The zero-order chi connectivity index (χ0) is 22.8. The third kappa shape index (κ3) is 4.62. The van der Waals surface area contributed by atoms with Crippen LogP contribution in [0, 0.1) is 0 Å². The number of piperazine rings is 1. The third-order valence-electron chi connectivity index (χ3n) is 6.75. The molecule has 3 aromatic rings. The van der Waals surface area contributed by atoms with Crippen molar-refractivity contribution < 1.29 is 9.53 Å². The first-order valence-corrected chi connectivity index (χ1v) is 11.5. The van der Waals surface area contributed by atoms with Gasteiger partial charge in [-0.15, -0.1) is 0 Å². The number of carbonyl (C=O) groups is 1. The Morgan fingerprint density at radius 2 is 1.91 bits per heavy atom. The van der Waals surface area contributed by atoms with Crippen molar-refractivity contribution in [2.24, 2.45) is 12.8 Å². The van der Waals surface area contributed by atoms with Crippen molar-refractivity contribution in [3.8, 4) is 11.4 Å². The van der Waals surface area contributed by atoms with Crippen molar-refractivity contribution in [3.05, 3.63) is 65.5 Å². The quantitative estimate of drug-likeness (QED) is 0.626. The van der Waals surface area contributed by atoms with Crippen LogP contribution in [0.3, 0.4) is 0 Å². The highest BCUT2D eigenvalue weighted by Gasteiger charge is 2.24. The lowest BCUT2D eigenvalue weighted by molar-refractivity contribution is 0.0289. The second-order valence-electron chi connectivity index (χ2n) is 8.76. The molecule has 0 aliphatic carbocycles. The van der Waals surface area contributed by atoms with Crippen molar-refractivity contribution in [3.63, 3.8) is 0 Å². The summed E-state index contributed by atoms with van der Waals surface area (Å²) in [7, 11) is 1.92. The molecule has 2 aliphatic rings. The average molecular weight is 447 g/mol. The molecule has 1 atom stereocenters. The Morgan fingerprint density at radius 1 is 1.12 bits per heavy atom. The van der Waals surface area contributed by atoms with Crippen LogP contribution in [-0.2, 0) is 18.2 Å². The van der Waals surface area contributed by atoms with Gasteiger partial charge in [-0.25, -0.2) is 9.67 Å². The molecule has 2 N–H and O–H groups in total. The first-order chi connectivity index (χ1) is 16.1. The molecule has 33 heavy (non-hydrogen) atoms. The van der Waals surface area contributed by atoms with E-state index in [0.717, 1.165) is 69.2 Å². The maximum Gasteiger partial charge on any atom is 0.248 e. The van der Waals surface area contributed by atoms with Crippen molar-refractivity contribution in [1.82, 2.24) is 19.7 Å². The van der Waals surface area contributed by atoms with Gasteiger partial charge in [-0.2, -0.15) is 5.10 Å². The molecule has 2 aliphatic heterocycles. The second-order valence-corrected chi connectivity index (χ2v) is 8.76. The molecule has 8 nitrogen and oxygen atoms in total. The van der Waals surface area contributed by atoms with Crippen molar-refractivity contribution in [2.45, 2.75) is 18.9 Å². The smallest absolute Gasteiger partial charge is 0.248 e. The highest BCUT2D eigenvalue weighted by atomic mass is 16.5. The number of ether oxygens (including phenoxy) is 1. The van der Waals surface area contributed by atoms with Crippen LogP contribution in [0.15, 0.2) is 48.8 Å². The molecule has 0 radical (unpaired) electrons. The fourth-order valence-corrected chi connectivity index (χ4v) is 4.84. The molecule has 1 aromatic heterocycles. The summed E-state index contributed by atoms with van der Waals surface area (Å²) in [6.45, 7) is 5.75. The van der Waals surface area contributed by atoms with Crippen LogP contribution >= 0.6 is 0 Å². The molecule has 0 saturated carbocycles. The number of hydrogen-bond acceptors (Lipinski definition) is 6. The van der Waals surface area contributed by atoms with Gasteiger partial charge in [0.05, 0.1) is 12.7 Å². The van der Waals surface area contributed by atoms with Gasteiger partial charge >= 0.3 is 0 Å². The molecular weight excluding hydrogens is 416 g/mol. The van der Waals surface area contributed by atoms with Gasteiger partial charge in [-0.3, -0.25) is 9.69 Å². The van der Waals surface area contributed by atoms with E-state index in [1.54, 1.807) is 18.5 Å². The Morgan fingerprint density at radius 3 is 2.61 bits per heavy atom. The lowest BCUT2D eigenvalue weighted by atomic mass is 9.93. The Balaban J connectivity index is 1.17. The largest absolute Gasteiger partial charge is 0.373 e. The predicted octanol–water partition coefficient (Wildman–Crippen LogP) is 2.41. The summed E-state index contributed by atoms with van der Waals surface area (Å²) in [4.78, 5) is 20.5. The minimum atomic E-state index is -0.386. The summed E-state index contributed by atoms with van der Waals surface area (Å²) in [5.74, 6) is 0.505. The minimum absolute atomic E-state index is 0.140. The lowest BCUT2D eigenvalue weighted by Gasteiger charge is -2.37. The van der Waals surface area contributed by atoms with E-state index in [2.05, 4.69) is 38.1 Å². The number of primary amides is 1. The van der Waals surface area contributed by atoms with E-state index in [0.29, 0.717) is 5.56 Å². The maximum atomic E-state index is 11.3. The summed E-state index contributed by atoms with van der Waals surface area (Å²) in [5.41, 5.74) is 10.8. The topological polar surface area (TPSA) is 89.5 Å². The molecule has 3 heterocycles. The standard InChI is InChI=1S/C25H30N6O2/c1-29-25(27-17-28-29)20-4-7-22-19(16-20)9-15-33-23(22)8-10-30-11-13-31(14-12-30)21-5-2-18(3-6-21)24(26)32/h2-7,16-17,23H,8-15H2,1H3,(H2,26,32)/t23-/m0/s1. The van der Waals surface area contributed by atoms with E-state index < -0.39 is 0 Å². The summed E-state index contributed by atoms with van der Waals surface area (Å²) in [5, 5.41) is 4.19. The van der Waals surface area contributed by atoms with Crippen molar-refractivity contribution in [1.29, 1.82) is 0 Å². The normalized spacial score (nSPS) is 18.8. The molecule has 0 unspecified atom stereocenters. The average Bonchev–Trinajstić information content (AvgIpc) is 3.28. The molecule has 0 bridgehead atoms. The van der Waals surface area contributed by atoms with Crippen LogP contribution in [-0.4, -0.2) is 64.9 Å². The first kappa shape index (κ1) is 21.6. The zero-order valence-corrected chi connectivity index (χ0v) is 19.0. The molecule has 172 valence electrons. The van der Waals surface area contributed by atoms with Crippen LogP contribution in [0.2, 0.25) is 0 Å². The van der Waals surface area contributed by atoms with E-state index in [1.807, 2.05) is 23.9 Å². The Kier molecular flexibility index (Phi) is 6.11. The van der Waals surface area contributed by atoms with E-state index in [-0.39, 0.29) is 12.0 Å².